The SMILES string of the molecule is Cc1ccc(C)c(NC2=C(c3ccc(Cl)cc3)C(=O)N(c3ccc(C(C)C)cc3)C2=O)c1. The van der Waals surface area contributed by atoms with Crippen LogP contribution in [0.1, 0.15) is 42.0 Å². The Hall–Kier alpha value is -3.37. The number of hydrogen-bond donors (Lipinski definition) is 1. The van der Waals surface area contributed by atoms with Gasteiger partial charge in [0.05, 0.1) is 11.3 Å². The summed E-state index contributed by atoms with van der Waals surface area (Å²) in [4.78, 5) is 28.3. The molecule has 3 aromatic carbocycles. The number of benzene rings is 3. The van der Waals surface area contributed by atoms with E-state index in [1.54, 1.807) is 24.3 Å². The predicted molar refractivity (Wildman–Crippen MR) is 131 cm³/mol. The first-order chi connectivity index (χ1) is 15.3. The van der Waals surface area contributed by atoms with Crippen molar-refractivity contribution >= 4 is 40.4 Å². The third kappa shape index (κ3) is 4.06. The minimum atomic E-state index is -0.377. The number of carbonyl (C=O) groups excluding carboxylic acids is 2. The number of rotatable bonds is 5. The first-order valence-corrected chi connectivity index (χ1v) is 11.0. The first-order valence-electron chi connectivity index (χ1n) is 10.6. The maximum absolute atomic E-state index is 13.5. The molecule has 0 aromatic heterocycles. The summed E-state index contributed by atoms with van der Waals surface area (Å²) in [7, 11) is 0. The van der Waals surface area contributed by atoms with Gasteiger partial charge in [-0.1, -0.05) is 61.8 Å². The van der Waals surface area contributed by atoms with Crippen LogP contribution in [0.25, 0.3) is 5.57 Å². The summed E-state index contributed by atoms with van der Waals surface area (Å²) in [6.45, 7) is 8.17. The van der Waals surface area contributed by atoms with Gasteiger partial charge in [-0.2, -0.15) is 0 Å². The molecule has 0 spiro atoms. The molecule has 2 amide bonds. The first kappa shape index (κ1) is 21.8. The third-order valence-electron chi connectivity index (χ3n) is 5.69. The fraction of sp³-hybridized carbons (Fsp3) is 0.185. The summed E-state index contributed by atoms with van der Waals surface area (Å²) in [5.74, 6) is -0.376. The molecule has 162 valence electrons. The Balaban J connectivity index is 1.81. The lowest BCUT2D eigenvalue weighted by molar-refractivity contribution is -0.120. The molecular formula is C27H25ClN2O2. The van der Waals surface area contributed by atoms with Crippen LogP contribution in [-0.4, -0.2) is 11.8 Å². The molecule has 0 saturated heterocycles. The smallest absolute Gasteiger partial charge is 0.282 e. The van der Waals surface area contributed by atoms with E-state index >= 15 is 0 Å². The third-order valence-corrected chi connectivity index (χ3v) is 5.94. The van der Waals surface area contributed by atoms with Crippen molar-refractivity contribution in [1.29, 1.82) is 0 Å². The second kappa shape index (κ2) is 8.64. The Morgan fingerprint density at radius 1 is 0.844 bits per heavy atom. The monoisotopic (exact) mass is 444 g/mol. The van der Waals surface area contributed by atoms with E-state index < -0.39 is 0 Å². The summed E-state index contributed by atoms with van der Waals surface area (Å²) in [6, 6.07) is 20.5. The van der Waals surface area contributed by atoms with Crippen molar-refractivity contribution in [2.75, 3.05) is 10.2 Å². The van der Waals surface area contributed by atoms with Gasteiger partial charge in [-0.15, -0.1) is 0 Å². The van der Waals surface area contributed by atoms with Crippen LogP contribution < -0.4 is 10.2 Å². The zero-order chi connectivity index (χ0) is 23.0. The van der Waals surface area contributed by atoms with Crippen molar-refractivity contribution in [3.63, 3.8) is 0 Å². The fourth-order valence-electron chi connectivity index (χ4n) is 3.78. The van der Waals surface area contributed by atoms with Gasteiger partial charge in [-0.3, -0.25) is 9.59 Å². The van der Waals surface area contributed by atoms with Crippen LogP contribution in [0.5, 0.6) is 0 Å². The highest BCUT2D eigenvalue weighted by Gasteiger charge is 2.40. The molecule has 5 heteroatoms. The van der Waals surface area contributed by atoms with E-state index in [-0.39, 0.29) is 17.5 Å². The van der Waals surface area contributed by atoms with Crippen LogP contribution >= 0.6 is 11.6 Å². The van der Waals surface area contributed by atoms with Gasteiger partial charge in [0.25, 0.3) is 11.8 Å². The maximum Gasteiger partial charge on any atom is 0.282 e. The molecule has 0 aliphatic carbocycles. The van der Waals surface area contributed by atoms with Crippen LogP contribution in [0.3, 0.4) is 0 Å². The number of carbonyl (C=O) groups is 2. The fourth-order valence-corrected chi connectivity index (χ4v) is 3.90. The molecule has 0 unspecified atom stereocenters. The van der Waals surface area contributed by atoms with E-state index in [1.165, 1.54) is 4.90 Å². The average molecular weight is 445 g/mol. The van der Waals surface area contributed by atoms with Gasteiger partial charge in [0.15, 0.2) is 0 Å². The number of halogens is 1. The van der Waals surface area contributed by atoms with Gasteiger partial charge in [0.1, 0.15) is 5.70 Å². The van der Waals surface area contributed by atoms with E-state index in [9.17, 15) is 9.59 Å². The highest BCUT2D eigenvalue weighted by molar-refractivity contribution is 6.46. The summed E-state index contributed by atoms with van der Waals surface area (Å²) in [5.41, 5.74) is 5.77. The second-order valence-corrected chi connectivity index (χ2v) is 8.83. The number of anilines is 2. The topological polar surface area (TPSA) is 49.4 Å². The molecule has 0 bridgehead atoms. The van der Waals surface area contributed by atoms with Gasteiger partial charge in [0.2, 0.25) is 0 Å². The molecule has 4 rings (SSSR count). The van der Waals surface area contributed by atoms with Gasteiger partial charge in [-0.25, -0.2) is 4.90 Å². The zero-order valence-electron chi connectivity index (χ0n) is 18.6. The molecule has 3 aromatic rings. The molecule has 1 N–H and O–H groups in total. The lowest BCUT2D eigenvalue weighted by Gasteiger charge is -2.17. The molecule has 1 aliphatic heterocycles. The van der Waals surface area contributed by atoms with Crippen LogP contribution in [-0.2, 0) is 9.59 Å². The average Bonchev–Trinajstić information content (AvgIpc) is 3.01. The number of aryl methyl sites for hydroxylation is 2. The number of imide groups is 1. The van der Waals surface area contributed by atoms with Crippen LogP contribution in [0.4, 0.5) is 11.4 Å². The van der Waals surface area contributed by atoms with E-state index in [1.807, 2.05) is 56.3 Å². The minimum Gasteiger partial charge on any atom is -0.350 e. The van der Waals surface area contributed by atoms with Crippen LogP contribution in [0.2, 0.25) is 5.02 Å². The molecule has 4 nitrogen and oxygen atoms in total. The summed E-state index contributed by atoms with van der Waals surface area (Å²) < 4.78 is 0. The second-order valence-electron chi connectivity index (χ2n) is 8.39. The molecule has 1 heterocycles. The van der Waals surface area contributed by atoms with E-state index in [0.717, 1.165) is 22.4 Å². The summed E-state index contributed by atoms with van der Waals surface area (Å²) >= 11 is 6.06. The highest BCUT2D eigenvalue weighted by atomic mass is 35.5. The normalized spacial score (nSPS) is 14.0. The summed E-state index contributed by atoms with van der Waals surface area (Å²) in [5, 5.41) is 3.82. The van der Waals surface area contributed by atoms with E-state index in [0.29, 0.717) is 27.8 Å². The van der Waals surface area contributed by atoms with Crippen LogP contribution in [0.15, 0.2) is 72.4 Å². The Morgan fingerprint density at radius 2 is 1.50 bits per heavy atom. The van der Waals surface area contributed by atoms with Crippen LogP contribution in [0, 0.1) is 13.8 Å². The van der Waals surface area contributed by atoms with Crippen molar-refractivity contribution in [1.82, 2.24) is 0 Å². The van der Waals surface area contributed by atoms with Gasteiger partial charge >= 0.3 is 0 Å². The Kier molecular flexibility index (Phi) is 5.90. The predicted octanol–water partition coefficient (Wildman–Crippen LogP) is 6.48. The largest absolute Gasteiger partial charge is 0.350 e. The minimum absolute atomic E-state index is 0.263. The molecule has 0 saturated carbocycles. The number of nitrogens with zero attached hydrogens (tertiary/aromatic N) is 1. The summed E-state index contributed by atoms with van der Waals surface area (Å²) in [6.07, 6.45) is 0. The lowest BCUT2D eigenvalue weighted by atomic mass is 10.0. The molecule has 0 atom stereocenters. The Bertz CT molecular complexity index is 1230. The maximum atomic E-state index is 13.5. The van der Waals surface area contributed by atoms with Crippen molar-refractivity contribution in [3.8, 4) is 0 Å². The van der Waals surface area contributed by atoms with Crippen molar-refractivity contribution in [2.45, 2.75) is 33.6 Å². The Morgan fingerprint density at radius 3 is 2.12 bits per heavy atom. The zero-order valence-corrected chi connectivity index (χ0v) is 19.3. The Labute approximate surface area is 193 Å². The highest BCUT2D eigenvalue weighted by Crippen LogP contribution is 2.35. The van der Waals surface area contributed by atoms with Crippen molar-refractivity contribution < 1.29 is 9.59 Å². The quantitative estimate of drug-likeness (QED) is 0.458. The van der Waals surface area contributed by atoms with Crippen molar-refractivity contribution in [2.24, 2.45) is 0 Å². The number of nitrogens with one attached hydrogen (secondary N) is 1. The lowest BCUT2D eigenvalue weighted by Crippen LogP contribution is -2.32. The van der Waals surface area contributed by atoms with Crippen molar-refractivity contribution in [3.05, 3.63) is 99.7 Å². The number of amides is 2. The molecule has 0 radical (unpaired) electrons. The van der Waals surface area contributed by atoms with Gasteiger partial charge in [-0.05, 0) is 72.4 Å². The van der Waals surface area contributed by atoms with Gasteiger partial charge < -0.3 is 5.32 Å². The molecule has 0 fully saturated rings. The van der Waals surface area contributed by atoms with E-state index in [4.69, 9.17) is 11.6 Å². The van der Waals surface area contributed by atoms with E-state index in [2.05, 4.69) is 19.2 Å². The molecular weight excluding hydrogens is 420 g/mol. The van der Waals surface area contributed by atoms with Gasteiger partial charge in [0, 0.05) is 10.7 Å². The number of hydrogen-bond acceptors (Lipinski definition) is 3. The molecule has 32 heavy (non-hydrogen) atoms. The standard InChI is InChI=1S/C27H25ClN2O2/c1-16(2)19-9-13-22(14-10-19)30-26(31)24(20-7-11-21(28)12-8-20)25(27(30)32)29-23-15-17(3)5-6-18(23)4/h5-16,29H,1-4H3. The molecule has 1 aliphatic rings.